The number of hydrogen-bond donors (Lipinski definition) is 0. The number of aromatic nitrogens is 2. The number of nitrogens with zero attached hydrogens (tertiary/aromatic N) is 3. The summed E-state index contributed by atoms with van der Waals surface area (Å²) in [6.45, 7) is 2.49. The summed E-state index contributed by atoms with van der Waals surface area (Å²) >= 11 is 0. The van der Waals surface area contributed by atoms with Gasteiger partial charge in [0.05, 0.1) is 17.0 Å². The molecule has 4 heteroatoms. The second-order valence-electron chi connectivity index (χ2n) is 4.00. The normalized spacial score (nSPS) is 10.1. The Balaban J connectivity index is 2.11. The van der Waals surface area contributed by atoms with Crippen LogP contribution < -0.4 is 4.74 Å². The van der Waals surface area contributed by atoms with E-state index >= 15 is 0 Å². The van der Waals surface area contributed by atoms with Crippen molar-refractivity contribution in [3.05, 3.63) is 47.3 Å². The van der Waals surface area contributed by atoms with Crippen LogP contribution in [0, 0.1) is 11.3 Å². The smallest absolute Gasteiger partial charge is 0.137 e. The molecule has 1 heterocycles. The highest BCUT2D eigenvalue weighted by Crippen LogP contribution is 2.18. The third-order valence-corrected chi connectivity index (χ3v) is 2.77. The van der Waals surface area contributed by atoms with Crippen molar-refractivity contribution >= 4 is 0 Å². The Hall–Kier alpha value is -2.28. The van der Waals surface area contributed by atoms with Crippen LogP contribution in [0.4, 0.5) is 0 Å². The number of aryl methyl sites for hydroxylation is 2. The van der Waals surface area contributed by atoms with Gasteiger partial charge in [-0.2, -0.15) is 10.4 Å². The second-order valence-corrected chi connectivity index (χ2v) is 4.00. The van der Waals surface area contributed by atoms with Crippen LogP contribution in [0.25, 0.3) is 0 Å². The molecule has 0 aliphatic rings. The van der Waals surface area contributed by atoms with Gasteiger partial charge in [-0.15, -0.1) is 0 Å². The zero-order valence-electron chi connectivity index (χ0n) is 10.6. The van der Waals surface area contributed by atoms with Crippen LogP contribution in [0.3, 0.4) is 0 Å². The average Bonchev–Trinajstić information content (AvgIpc) is 2.77. The van der Waals surface area contributed by atoms with Crippen molar-refractivity contribution in [1.82, 2.24) is 9.78 Å². The number of para-hydroxylation sites is 1. The Bertz CT molecular complexity index is 581. The first-order valence-corrected chi connectivity index (χ1v) is 5.88. The SMILES string of the molecule is CCc1cc(COc2ccccc2C#N)n(C)n1. The quantitative estimate of drug-likeness (QED) is 0.826. The van der Waals surface area contributed by atoms with E-state index in [1.54, 1.807) is 12.1 Å². The van der Waals surface area contributed by atoms with Crippen molar-refractivity contribution in [3.8, 4) is 11.8 Å². The van der Waals surface area contributed by atoms with Crippen molar-refractivity contribution in [2.24, 2.45) is 7.05 Å². The van der Waals surface area contributed by atoms with E-state index in [-0.39, 0.29) is 0 Å². The molecule has 0 atom stereocenters. The molecular weight excluding hydrogens is 226 g/mol. The Morgan fingerprint density at radius 3 is 2.83 bits per heavy atom. The topological polar surface area (TPSA) is 50.8 Å². The maximum absolute atomic E-state index is 8.96. The fourth-order valence-electron chi connectivity index (χ4n) is 1.72. The summed E-state index contributed by atoms with van der Waals surface area (Å²) in [5.74, 6) is 0.610. The van der Waals surface area contributed by atoms with Crippen molar-refractivity contribution in [2.45, 2.75) is 20.0 Å². The summed E-state index contributed by atoms with van der Waals surface area (Å²) in [7, 11) is 1.90. The fraction of sp³-hybridized carbons (Fsp3) is 0.286. The van der Waals surface area contributed by atoms with Crippen LogP contribution in [-0.4, -0.2) is 9.78 Å². The molecule has 0 spiro atoms. The number of ether oxygens (including phenoxy) is 1. The van der Waals surface area contributed by atoms with Crippen LogP contribution in [0.5, 0.6) is 5.75 Å². The summed E-state index contributed by atoms with van der Waals surface area (Å²) in [6, 6.07) is 11.4. The van der Waals surface area contributed by atoms with Crippen LogP contribution in [-0.2, 0) is 20.1 Å². The molecule has 4 nitrogen and oxygen atoms in total. The molecule has 0 unspecified atom stereocenters. The molecule has 0 bridgehead atoms. The van der Waals surface area contributed by atoms with Crippen molar-refractivity contribution in [3.63, 3.8) is 0 Å². The molecule has 0 saturated heterocycles. The minimum absolute atomic E-state index is 0.419. The van der Waals surface area contributed by atoms with Crippen molar-refractivity contribution in [1.29, 1.82) is 5.26 Å². The van der Waals surface area contributed by atoms with Gasteiger partial charge in [0, 0.05) is 7.05 Å². The largest absolute Gasteiger partial charge is 0.486 e. The van der Waals surface area contributed by atoms with Crippen LogP contribution in [0.2, 0.25) is 0 Å². The van der Waals surface area contributed by atoms with Crippen LogP contribution in [0.15, 0.2) is 30.3 Å². The average molecular weight is 241 g/mol. The molecular formula is C14H15N3O. The Kier molecular flexibility index (Phi) is 3.63. The molecule has 92 valence electrons. The highest BCUT2D eigenvalue weighted by molar-refractivity contribution is 5.42. The van der Waals surface area contributed by atoms with Gasteiger partial charge in [0.15, 0.2) is 0 Å². The minimum atomic E-state index is 0.419. The highest BCUT2D eigenvalue weighted by atomic mass is 16.5. The van der Waals surface area contributed by atoms with Gasteiger partial charge in [-0.25, -0.2) is 0 Å². The lowest BCUT2D eigenvalue weighted by Gasteiger charge is -2.07. The summed E-state index contributed by atoms with van der Waals surface area (Å²) in [6.07, 6.45) is 0.905. The van der Waals surface area contributed by atoms with Crippen molar-refractivity contribution in [2.75, 3.05) is 0 Å². The monoisotopic (exact) mass is 241 g/mol. The van der Waals surface area contributed by atoms with Gasteiger partial charge in [-0.05, 0) is 24.6 Å². The third kappa shape index (κ3) is 2.51. The van der Waals surface area contributed by atoms with Crippen LogP contribution in [0.1, 0.15) is 23.9 Å². The third-order valence-electron chi connectivity index (χ3n) is 2.77. The van der Waals surface area contributed by atoms with Crippen LogP contribution >= 0.6 is 0 Å². The Morgan fingerprint density at radius 2 is 2.17 bits per heavy atom. The van der Waals surface area contributed by atoms with Gasteiger partial charge in [-0.1, -0.05) is 19.1 Å². The van der Waals surface area contributed by atoms with E-state index in [0.717, 1.165) is 17.8 Å². The molecule has 0 aliphatic carbocycles. The molecule has 1 aromatic heterocycles. The molecule has 18 heavy (non-hydrogen) atoms. The Morgan fingerprint density at radius 1 is 1.39 bits per heavy atom. The molecule has 2 rings (SSSR count). The second kappa shape index (κ2) is 5.37. The fourth-order valence-corrected chi connectivity index (χ4v) is 1.72. The van der Waals surface area contributed by atoms with Gasteiger partial charge in [-0.3, -0.25) is 4.68 Å². The van der Waals surface area contributed by atoms with E-state index < -0.39 is 0 Å². The lowest BCUT2D eigenvalue weighted by molar-refractivity contribution is 0.294. The van der Waals surface area contributed by atoms with Gasteiger partial charge in [0.25, 0.3) is 0 Å². The van der Waals surface area contributed by atoms with E-state index in [1.807, 2.05) is 29.9 Å². The van der Waals surface area contributed by atoms with E-state index in [2.05, 4.69) is 18.1 Å². The molecule has 1 aromatic carbocycles. The number of nitriles is 1. The summed E-state index contributed by atoms with van der Waals surface area (Å²) in [4.78, 5) is 0. The minimum Gasteiger partial charge on any atom is -0.486 e. The van der Waals surface area contributed by atoms with E-state index in [4.69, 9.17) is 10.00 Å². The lowest BCUT2D eigenvalue weighted by atomic mass is 10.2. The molecule has 0 amide bonds. The van der Waals surface area contributed by atoms with Gasteiger partial charge in [0.1, 0.15) is 18.4 Å². The zero-order valence-corrected chi connectivity index (χ0v) is 10.6. The number of benzene rings is 1. The molecule has 0 fully saturated rings. The van der Waals surface area contributed by atoms with Gasteiger partial charge in [0.2, 0.25) is 0 Å². The predicted octanol–water partition coefficient (Wildman–Crippen LogP) is 2.43. The first kappa shape index (κ1) is 12.2. The summed E-state index contributed by atoms with van der Waals surface area (Å²) in [5, 5.41) is 13.3. The van der Waals surface area contributed by atoms with Gasteiger partial charge >= 0.3 is 0 Å². The zero-order chi connectivity index (χ0) is 13.0. The molecule has 0 saturated carbocycles. The first-order valence-electron chi connectivity index (χ1n) is 5.88. The van der Waals surface area contributed by atoms with E-state index in [0.29, 0.717) is 17.9 Å². The predicted molar refractivity (Wildman–Crippen MR) is 68.1 cm³/mol. The van der Waals surface area contributed by atoms with Crippen molar-refractivity contribution < 1.29 is 4.74 Å². The molecule has 0 N–H and O–H groups in total. The number of hydrogen-bond acceptors (Lipinski definition) is 3. The lowest BCUT2D eigenvalue weighted by Crippen LogP contribution is -2.03. The maximum atomic E-state index is 8.96. The van der Waals surface area contributed by atoms with E-state index in [1.165, 1.54) is 0 Å². The molecule has 2 aromatic rings. The van der Waals surface area contributed by atoms with Gasteiger partial charge < -0.3 is 4.74 Å². The Labute approximate surface area is 106 Å². The highest BCUT2D eigenvalue weighted by Gasteiger charge is 2.06. The number of rotatable bonds is 4. The van der Waals surface area contributed by atoms with E-state index in [9.17, 15) is 0 Å². The molecule has 0 aliphatic heterocycles. The summed E-state index contributed by atoms with van der Waals surface area (Å²) < 4.78 is 7.48. The molecule has 0 radical (unpaired) electrons. The standard InChI is InChI=1S/C14H15N3O/c1-3-12-8-13(17(2)16-12)10-18-14-7-5-4-6-11(14)9-15/h4-8H,3,10H2,1-2H3. The summed E-state index contributed by atoms with van der Waals surface area (Å²) in [5.41, 5.74) is 2.60. The maximum Gasteiger partial charge on any atom is 0.137 e. The first-order chi connectivity index (χ1) is 8.74.